The van der Waals surface area contributed by atoms with Crippen molar-refractivity contribution in [3.05, 3.63) is 24.0 Å². The van der Waals surface area contributed by atoms with Crippen LogP contribution >= 0.6 is 0 Å². The number of aryl methyl sites for hydroxylation is 1. The van der Waals surface area contributed by atoms with E-state index < -0.39 is 11.6 Å². The molecule has 0 unspecified atom stereocenters. The Hall–Kier alpha value is -3.14. The molecule has 0 aromatic carbocycles. The topological polar surface area (TPSA) is 144 Å². The van der Waals surface area contributed by atoms with Gasteiger partial charge in [-0.25, -0.2) is 9.67 Å². The number of fused-ring (bicyclic) bond motifs is 1. The van der Waals surface area contributed by atoms with Gasteiger partial charge in [-0.2, -0.15) is 5.10 Å². The number of carboxylic acids is 1. The predicted octanol–water partition coefficient (Wildman–Crippen LogP) is 2.02. The van der Waals surface area contributed by atoms with Crippen LogP contribution in [0.2, 0.25) is 0 Å². The maximum absolute atomic E-state index is 11.5. The quantitative estimate of drug-likeness (QED) is 0.534. The average molecular weight is 441 g/mol. The molecular weight excluding hydrogens is 412 g/mol. The molecule has 2 aromatic rings. The normalized spacial score (nSPS) is 29.4. The van der Waals surface area contributed by atoms with Gasteiger partial charge in [-0.3, -0.25) is 19.9 Å². The Morgan fingerprint density at radius 1 is 1.31 bits per heavy atom. The SMILES string of the molecule is CCn1ncc2c(NC3CC(C(=O)O)C3)c(C3=CC4(CCC(C(N)=O)CC4)ON3)cnc21. The second-order valence-corrected chi connectivity index (χ2v) is 9.10. The first-order valence-corrected chi connectivity index (χ1v) is 11.2. The Bertz CT molecular complexity index is 1100. The number of carbonyl (C=O) groups is 2. The van der Waals surface area contributed by atoms with Crippen molar-refractivity contribution in [2.45, 2.75) is 63.6 Å². The Balaban J connectivity index is 1.46. The fraction of sp³-hybridized carbons (Fsp3) is 0.545. The number of anilines is 1. The number of carbonyl (C=O) groups excluding carboxylic acids is 1. The zero-order valence-electron chi connectivity index (χ0n) is 18.0. The standard InChI is InChI=1S/C22H28N6O4/c1-2-28-20-16(11-25-28)18(26-14-7-13(8-14)21(30)31)15(10-24-20)17-9-22(32-27-17)5-3-12(4-6-22)19(23)29/h9-14,27H,2-8H2,1H3,(H2,23,29)(H,24,26)(H,30,31). The van der Waals surface area contributed by atoms with Gasteiger partial charge in [0.1, 0.15) is 5.60 Å². The lowest BCUT2D eigenvalue weighted by Crippen LogP contribution is -2.39. The number of aromatic nitrogens is 3. The lowest BCUT2D eigenvalue weighted by atomic mass is 9.78. The van der Waals surface area contributed by atoms with Crippen LogP contribution in [0.3, 0.4) is 0 Å². The lowest BCUT2D eigenvalue weighted by Gasteiger charge is -2.34. The van der Waals surface area contributed by atoms with Gasteiger partial charge in [0.25, 0.3) is 0 Å². The molecule has 2 aliphatic carbocycles. The van der Waals surface area contributed by atoms with E-state index in [0.29, 0.717) is 45.1 Å². The number of primary amides is 1. The molecule has 2 saturated carbocycles. The van der Waals surface area contributed by atoms with E-state index in [-0.39, 0.29) is 23.8 Å². The Kier molecular flexibility index (Phi) is 5.04. The lowest BCUT2D eigenvalue weighted by molar-refractivity contribution is -0.144. The Morgan fingerprint density at radius 2 is 2.06 bits per heavy atom. The molecule has 10 nitrogen and oxygen atoms in total. The van der Waals surface area contributed by atoms with E-state index in [0.717, 1.165) is 28.0 Å². The van der Waals surface area contributed by atoms with Gasteiger partial charge in [0.05, 0.1) is 28.9 Å². The molecule has 170 valence electrons. The summed E-state index contributed by atoms with van der Waals surface area (Å²) < 4.78 is 1.84. The van der Waals surface area contributed by atoms with Crippen LogP contribution in [-0.4, -0.2) is 43.4 Å². The van der Waals surface area contributed by atoms with Gasteiger partial charge < -0.3 is 16.2 Å². The minimum Gasteiger partial charge on any atom is -0.481 e. The van der Waals surface area contributed by atoms with Gasteiger partial charge >= 0.3 is 5.97 Å². The minimum absolute atomic E-state index is 0.0771. The second-order valence-electron chi connectivity index (χ2n) is 9.10. The monoisotopic (exact) mass is 440 g/mol. The molecule has 5 N–H and O–H groups in total. The molecule has 5 rings (SSSR count). The summed E-state index contributed by atoms with van der Waals surface area (Å²) in [6, 6.07) is 0.0771. The summed E-state index contributed by atoms with van der Waals surface area (Å²) in [4.78, 5) is 33.4. The van der Waals surface area contributed by atoms with Crippen LogP contribution < -0.4 is 16.5 Å². The fourth-order valence-electron chi connectivity index (χ4n) is 5.01. The van der Waals surface area contributed by atoms with Gasteiger partial charge in [0.2, 0.25) is 5.91 Å². The zero-order valence-corrected chi connectivity index (χ0v) is 18.0. The van der Waals surface area contributed by atoms with Gasteiger partial charge in [-0.15, -0.1) is 0 Å². The first-order chi connectivity index (χ1) is 15.4. The molecule has 1 spiro atoms. The molecule has 3 heterocycles. The van der Waals surface area contributed by atoms with Crippen LogP contribution in [0.15, 0.2) is 18.5 Å². The molecule has 0 radical (unpaired) electrons. The number of hydrogen-bond donors (Lipinski definition) is 4. The van der Waals surface area contributed by atoms with E-state index in [9.17, 15) is 14.7 Å². The highest BCUT2D eigenvalue weighted by Gasteiger charge is 2.41. The zero-order chi connectivity index (χ0) is 22.5. The number of nitrogens with one attached hydrogen (secondary N) is 2. The summed E-state index contributed by atoms with van der Waals surface area (Å²) in [7, 11) is 0. The van der Waals surface area contributed by atoms with Crippen LogP contribution in [0, 0.1) is 11.8 Å². The molecule has 10 heteroatoms. The van der Waals surface area contributed by atoms with Crippen molar-refractivity contribution in [2.24, 2.45) is 17.6 Å². The third kappa shape index (κ3) is 3.48. The molecule has 1 aliphatic heterocycles. The number of hydroxylamine groups is 1. The summed E-state index contributed by atoms with van der Waals surface area (Å²) in [5.41, 5.74) is 11.4. The summed E-state index contributed by atoms with van der Waals surface area (Å²) in [5.74, 6) is -1.40. The van der Waals surface area contributed by atoms with E-state index in [1.54, 1.807) is 6.20 Å². The van der Waals surface area contributed by atoms with Gasteiger partial charge in [0, 0.05) is 30.3 Å². The molecule has 0 saturated heterocycles. The van der Waals surface area contributed by atoms with Crippen molar-refractivity contribution in [1.29, 1.82) is 0 Å². The first-order valence-electron chi connectivity index (χ1n) is 11.2. The third-order valence-corrected chi connectivity index (χ3v) is 7.10. The maximum atomic E-state index is 11.5. The van der Waals surface area contributed by atoms with Crippen molar-refractivity contribution in [3.63, 3.8) is 0 Å². The predicted molar refractivity (Wildman–Crippen MR) is 117 cm³/mol. The Labute approximate surface area is 185 Å². The highest BCUT2D eigenvalue weighted by atomic mass is 16.7. The summed E-state index contributed by atoms with van der Waals surface area (Å²) >= 11 is 0. The molecule has 2 fully saturated rings. The van der Waals surface area contributed by atoms with E-state index in [4.69, 9.17) is 10.6 Å². The molecule has 0 atom stereocenters. The van der Waals surface area contributed by atoms with E-state index in [2.05, 4.69) is 27.0 Å². The van der Waals surface area contributed by atoms with Gasteiger partial charge in [-0.05, 0) is 51.5 Å². The average Bonchev–Trinajstić information content (AvgIpc) is 3.34. The number of aliphatic carboxylic acids is 1. The number of carboxylic acid groups (broad SMARTS) is 1. The maximum Gasteiger partial charge on any atom is 0.306 e. The van der Waals surface area contributed by atoms with Crippen molar-refractivity contribution in [2.75, 3.05) is 5.32 Å². The molecule has 0 bridgehead atoms. The van der Waals surface area contributed by atoms with E-state index in [1.165, 1.54) is 0 Å². The number of rotatable bonds is 6. The van der Waals surface area contributed by atoms with Crippen LogP contribution in [0.4, 0.5) is 5.69 Å². The van der Waals surface area contributed by atoms with Crippen molar-refractivity contribution in [3.8, 4) is 0 Å². The van der Waals surface area contributed by atoms with Crippen LogP contribution in [0.25, 0.3) is 16.7 Å². The number of nitrogens with two attached hydrogens (primary N) is 1. The number of hydrogen-bond acceptors (Lipinski definition) is 7. The van der Waals surface area contributed by atoms with Crippen LogP contribution in [0.5, 0.6) is 0 Å². The first kappa shape index (κ1) is 20.7. The Morgan fingerprint density at radius 3 is 2.72 bits per heavy atom. The number of nitrogens with zero attached hydrogens (tertiary/aromatic N) is 3. The number of amides is 1. The van der Waals surface area contributed by atoms with Crippen molar-refractivity contribution < 1.29 is 19.5 Å². The fourth-order valence-corrected chi connectivity index (χ4v) is 5.01. The van der Waals surface area contributed by atoms with Crippen LogP contribution in [0.1, 0.15) is 51.0 Å². The molecule has 1 amide bonds. The largest absolute Gasteiger partial charge is 0.481 e. The van der Waals surface area contributed by atoms with Crippen molar-refractivity contribution in [1.82, 2.24) is 20.2 Å². The molecule has 3 aliphatic rings. The van der Waals surface area contributed by atoms with Crippen LogP contribution in [-0.2, 0) is 21.0 Å². The van der Waals surface area contributed by atoms with E-state index >= 15 is 0 Å². The van der Waals surface area contributed by atoms with E-state index in [1.807, 2.05) is 17.8 Å². The highest BCUT2D eigenvalue weighted by molar-refractivity contribution is 5.96. The minimum atomic E-state index is -0.746. The van der Waals surface area contributed by atoms with Gasteiger partial charge in [-0.1, -0.05) is 0 Å². The highest BCUT2D eigenvalue weighted by Crippen LogP contribution is 2.42. The molecule has 2 aromatic heterocycles. The summed E-state index contributed by atoms with van der Waals surface area (Å²) in [6.07, 6.45) is 9.69. The molecular formula is C22H28N6O4. The number of pyridine rings is 1. The van der Waals surface area contributed by atoms with Crippen molar-refractivity contribution >= 4 is 34.3 Å². The second kappa shape index (κ2) is 7.77. The summed E-state index contributed by atoms with van der Waals surface area (Å²) in [6.45, 7) is 2.72. The molecule has 32 heavy (non-hydrogen) atoms. The smallest absolute Gasteiger partial charge is 0.306 e. The third-order valence-electron chi connectivity index (χ3n) is 7.10. The summed E-state index contributed by atoms with van der Waals surface area (Å²) in [5, 5.41) is 18.1. The van der Waals surface area contributed by atoms with Gasteiger partial charge in [0.15, 0.2) is 5.65 Å².